The second-order valence-corrected chi connectivity index (χ2v) is 4.72. The molecule has 0 aliphatic rings. The highest BCUT2D eigenvalue weighted by atomic mass is 16.4. The van der Waals surface area contributed by atoms with E-state index in [1.54, 1.807) is 43.3 Å². The number of hydrogen-bond donors (Lipinski definition) is 3. The lowest BCUT2D eigenvalue weighted by Gasteiger charge is -2.10. The number of nitrogens with one attached hydrogen (secondary N) is 2. The highest BCUT2D eigenvalue weighted by molar-refractivity contribution is 5.97. The summed E-state index contributed by atoms with van der Waals surface area (Å²) in [5, 5.41) is 15.2. The molecule has 0 bridgehead atoms. The van der Waals surface area contributed by atoms with Crippen molar-refractivity contribution in [2.75, 3.05) is 11.9 Å². The van der Waals surface area contributed by atoms with E-state index in [-0.39, 0.29) is 18.4 Å². The summed E-state index contributed by atoms with van der Waals surface area (Å²) in [6, 6.07) is 9.92. The molecule has 0 aliphatic heterocycles. The van der Waals surface area contributed by atoms with Gasteiger partial charge in [-0.2, -0.15) is 0 Å². The smallest absolute Gasteiger partial charge is 0.251 e. The molecule has 1 aromatic carbocycles. The molecule has 1 unspecified atom stereocenters. The molecular formula is C16H18N2O4. The molecule has 116 valence electrons. The van der Waals surface area contributed by atoms with Gasteiger partial charge in [0.15, 0.2) is 0 Å². The number of aliphatic hydroxyl groups excluding tert-OH is 1. The van der Waals surface area contributed by atoms with E-state index in [1.807, 2.05) is 0 Å². The Labute approximate surface area is 128 Å². The van der Waals surface area contributed by atoms with Gasteiger partial charge in [0.05, 0.1) is 12.8 Å². The molecule has 0 aliphatic carbocycles. The van der Waals surface area contributed by atoms with Crippen LogP contribution in [0.2, 0.25) is 0 Å². The Morgan fingerprint density at radius 3 is 2.77 bits per heavy atom. The van der Waals surface area contributed by atoms with Gasteiger partial charge in [0.2, 0.25) is 5.91 Å². The fourth-order valence-corrected chi connectivity index (χ4v) is 1.86. The third-order valence-electron chi connectivity index (χ3n) is 3.06. The lowest BCUT2D eigenvalue weighted by atomic mass is 10.1. The Morgan fingerprint density at radius 2 is 2.09 bits per heavy atom. The zero-order valence-electron chi connectivity index (χ0n) is 12.2. The molecule has 1 heterocycles. The summed E-state index contributed by atoms with van der Waals surface area (Å²) < 4.78 is 5.06. The second kappa shape index (κ2) is 7.42. The van der Waals surface area contributed by atoms with Crippen LogP contribution in [0.1, 0.15) is 35.6 Å². The largest absolute Gasteiger partial charge is 0.467 e. The molecule has 1 aromatic heterocycles. The fraction of sp³-hybridized carbons (Fsp3) is 0.250. The molecule has 0 saturated heterocycles. The molecule has 0 saturated carbocycles. The SMILES string of the molecule is CCC(=O)Nc1cccc(C(=O)NCC(O)c2ccco2)c1. The lowest BCUT2D eigenvalue weighted by molar-refractivity contribution is -0.115. The van der Waals surface area contributed by atoms with Gasteiger partial charge < -0.3 is 20.2 Å². The molecule has 2 amide bonds. The first kappa shape index (κ1) is 15.8. The monoisotopic (exact) mass is 302 g/mol. The van der Waals surface area contributed by atoms with Crippen LogP contribution in [0.3, 0.4) is 0 Å². The topological polar surface area (TPSA) is 91.6 Å². The number of carbonyl (C=O) groups excluding carboxylic acids is 2. The number of hydrogen-bond acceptors (Lipinski definition) is 4. The van der Waals surface area contributed by atoms with E-state index in [0.717, 1.165) is 0 Å². The second-order valence-electron chi connectivity index (χ2n) is 4.72. The maximum absolute atomic E-state index is 12.1. The van der Waals surface area contributed by atoms with Crippen LogP contribution in [0.5, 0.6) is 0 Å². The number of rotatable bonds is 6. The number of anilines is 1. The Balaban J connectivity index is 1.94. The van der Waals surface area contributed by atoms with E-state index in [2.05, 4.69) is 10.6 Å². The first-order valence-corrected chi connectivity index (χ1v) is 6.99. The molecule has 6 heteroatoms. The maximum Gasteiger partial charge on any atom is 0.251 e. The van der Waals surface area contributed by atoms with Gasteiger partial charge in [-0.25, -0.2) is 0 Å². The molecular weight excluding hydrogens is 284 g/mol. The molecule has 0 fully saturated rings. The van der Waals surface area contributed by atoms with E-state index in [4.69, 9.17) is 4.42 Å². The molecule has 0 spiro atoms. The standard InChI is InChI=1S/C16H18N2O4/c1-2-15(20)18-12-6-3-5-11(9-12)16(21)17-10-13(19)14-7-4-8-22-14/h3-9,13,19H,2,10H2,1H3,(H,17,21)(H,18,20). The normalized spacial score (nSPS) is 11.7. The zero-order valence-corrected chi connectivity index (χ0v) is 12.2. The fourth-order valence-electron chi connectivity index (χ4n) is 1.86. The van der Waals surface area contributed by atoms with Gasteiger partial charge in [-0.3, -0.25) is 9.59 Å². The summed E-state index contributed by atoms with van der Waals surface area (Å²) in [6.07, 6.45) is 0.924. The van der Waals surface area contributed by atoms with Crippen molar-refractivity contribution in [3.05, 3.63) is 54.0 Å². The van der Waals surface area contributed by atoms with Crippen LogP contribution >= 0.6 is 0 Å². The number of amides is 2. The molecule has 6 nitrogen and oxygen atoms in total. The van der Waals surface area contributed by atoms with Crippen molar-refractivity contribution >= 4 is 17.5 Å². The average molecular weight is 302 g/mol. The Kier molecular flexibility index (Phi) is 5.32. The van der Waals surface area contributed by atoms with Crippen LogP contribution < -0.4 is 10.6 Å². The molecule has 3 N–H and O–H groups in total. The van der Waals surface area contributed by atoms with Crippen LogP contribution in [0.25, 0.3) is 0 Å². The number of benzene rings is 1. The van der Waals surface area contributed by atoms with Crippen LogP contribution in [-0.4, -0.2) is 23.5 Å². The average Bonchev–Trinajstić information content (AvgIpc) is 3.07. The van der Waals surface area contributed by atoms with Gasteiger partial charge in [0.25, 0.3) is 5.91 Å². The third-order valence-corrected chi connectivity index (χ3v) is 3.06. The quantitative estimate of drug-likeness (QED) is 0.762. The zero-order chi connectivity index (χ0) is 15.9. The molecule has 0 radical (unpaired) electrons. The van der Waals surface area contributed by atoms with Gasteiger partial charge >= 0.3 is 0 Å². The van der Waals surface area contributed by atoms with E-state index >= 15 is 0 Å². The van der Waals surface area contributed by atoms with Crippen molar-refractivity contribution < 1.29 is 19.1 Å². The third kappa shape index (κ3) is 4.20. The lowest BCUT2D eigenvalue weighted by Crippen LogP contribution is -2.28. The summed E-state index contributed by atoms with van der Waals surface area (Å²) in [7, 11) is 0. The summed E-state index contributed by atoms with van der Waals surface area (Å²) in [5.41, 5.74) is 0.964. The van der Waals surface area contributed by atoms with Crippen molar-refractivity contribution in [2.45, 2.75) is 19.4 Å². The minimum absolute atomic E-state index is 0.0396. The Morgan fingerprint density at radius 1 is 1.27 bits per heavy atom. The van der Waals surface area contributed by atoms with Gasteiger partial charge in [-0.1, -0.05) is 13.0 Å². The Bertz CT molecular complexity index is 637. The number of carbonyl (C=O) groups is 2. The minimum Gasteiger partial charge on any atom is -0.467 e. The maximum atomic E-state index is 12.1. The highest BCUT2D eigenvalue weighted by Gasteiger charge is 2.13. The van der Waals surface area contributed by atoms with E-state index in [9.17, 15) is 14.7 Å². The van der Waals surface area contributed by atoms with Crippen molar-refractivity contribution in [1.29, 1.82) is 0 Å². The van der Waals surface area contributed by atoms with Crippen molar-refractivity contribution in [1.82, 2.24) is 5.32 Å². The molecule has 2 rings (SSSR count). The van der Waals surface area contributed by atoms with Crippen LogP contribution in [0.4, 0.5) is 5.69 Å². The first-order valence-electron chi connectivity index (χ1n) is 6.99. The number of furan rings is 1. The minimum atomic E-state index is -0.901. The van der Waals surface area contributed by atoms with Crippen LogP contribution in [0.15, 0.2) is 47.1 Å². The van der Waals surface area contributed by atoms with Gasteiger partial charge in [0.1, 0.15) is 11.9 Å². The first-order chi connectivity index (χ1) is 10.6. The van der Waals surface area contributed by atoms with Crippen molar-refractivity contribution in [2.24, 2.45) is 0 Å². The highest BCUT2D eigenvalue weighted by Crippen LogP contribution is 2.13. The van der Waals surface area contributed by atoms with Crippen LogP contribution in [0, 0.1) is 0 Å². The van der Waals surface area contributed by atoms with Gasteiger partial charge in [-0.05, 0) is 30.3 Å². The van der Waals surface area contributed by atoms with Gasteiger partial charge in [-0.15, -0.1) is 0 Å². The molecule has 2 aromatic rings. The summed E-state index contributed by atoms with van der Waals surface area (Å²) in [5.74, 6) is -0.0618. The predicted octanol–water partition coefficient (Wildman–Crippen LogP) is 2.09. The van der Waals surface area contributed by atoms with E-state index in [1.165, 1.54) is 6.26 Å². The molecule has 1 atom stereocenters. The van der Waals surface area contributed by atoms with Crippen molar-refractivity contribution in [3.63, 3.8) is 0 Å². The van der Waals surface area contributed by atoms with E-state index < -0.39 is 6.10 Å². The van der Waals surface area contributed by atoms with E-state index in [0.29, 0.717) is 23.4 Å². The molecule has 22 heavy (non-hydrogen) atoms. The predicted molar refractivity (Wildman–Crippen MR) is 81.4 cm³/mol. The van der Waals surface area contributed by atoms with Crippen molar-refractivity contribution in [3.8, 4) is 0 Å². The summed E-state index contributed by atoms with van der Waals surface area (Å²) in [6.45, 7) is 1.79. The summed E-state index contributed by atoms with van der Waals surface area (Å²) >= 11 is 0. The Hall–Kier alpha value is -2.60. The number of aliphatic hydroxyl groups is 1. The van der Waals surface area contributed by atoms with Gasteiger partial charge in [0, 0.05) is 17.7 Å². The van der Waals surface area contributed by atoms with Crippen LogP contribution in [-0.2, 0) is 4.79 Å². The summed E-state index contributed by atoms with van der Waals surface area (Å²) in [4.78, 5) is 23.4.